The Balaban J connectivity index is 1.51. The molecular weight excluding hydrogens is 471 g/mol. The number of nitrogens with zero attached hydrogens (tertiary/aromatic N) is 4. The smallest absolute Gasteiger partial charge is 0.381 e. The molecule has 1 saturated heterocycles. The molecule has 2 aliphatic rings. The van der Waals surface area contributed by atoms with Crippen LogP contribution in [0.3, 0.4) is 0 Å². The van der Waals surface area contributed by atoms with Crippen LogP contribution in [-0.4, -0.2) is 76.6 Å². The topological polar surface area (TPSA) is 70.6 Å². The fourth-order valence-electron chi connectivity index (χ4n) is 5.55. The molecule has 36 heavy (non-hydrogen) atoms. The van der Waals surface area contributed by atoms with Gasteiger partial charge in [-0.15, -0.1) is 0 Å². The number of carbonyl (C=O) groups is 1. The highest BCUT2D eigenvalue weighted by Crippen LogP contribution is 2.36. The number of aromatic nitrogens is 2. The van der Waals surface area contributed by atoms with Crippen LogP contribution in [0.5, 0.6) is 0 Å². The molecule has 1 aliphatic heterocycles. The van der Waals surface area contributed by atoms with Crippen LogP contribution < -0.4 is 5.32 Å². The van der Waals surface area contributed by atoms with Gasteiger partial charge in [-0.05, 0) is 71.7 Å². The number of halogens is 3. The number of nitrogens with one attached hydrogen (secondary N) is 1. The highest BCUT2D eigenvalue weighted by atomic mass is 19.4. The first kappa shape index (κ1) is 26.6. The highest BCUT2D eigenvalue weighted by Gasteiger charge is 2.42. The van der Waals surface area contributed by atoms with Crippen molar-refractivity contribution in [2.75, 3.05) is 32.1 Å². The number of hydrogen-bond donors (Lipinski definition) is 1. The van der Waals surface area contributed by atoms with Gasteiger partial charge in [0.05, 0.1) is 17.7 Å². The summed E-state index contributed by atoms with van der Waals surface area (Å²) in [4.78, 5) is 26.1. The minimum absolute atomic E-state index is 0.0316. The van der Waals surface area contributed by atoms with Crippen LogP contribution >= 0.6 is 0 Å². The Kier molecular flexibility index (Phi) is 8.04. The number of likely N-dealkylation sites (tertiary alicyclic amines) is 1. The third kappa shape index (κ3) is 5.59. The van der Waals surface area contributed by atoms with Crippen molar-refractivity contribution in [2.45, 2.75) is 76.8 Å². The average Bonchev–Trinajstić information content (AvgIpc) is 3.21. The number of anilines is 1. The summed E-state index contributed by atoms with van der Waals surface area (Å²) in [6, 6.07) is 3.83. The van der Waals surface area contributed by atoms with E-state index in [-0.39, 0.29) is 29.1 Å². The van der Waals surface area contributed by atoms with Crippen LogP contribution in [0, 0.1) is 5.92 Å². The van der Waals surface area contributed by atoms with E-state index in [1.54, 1.807) is 0 Å². The van der Waals surface area contributed by atoms with E-state index in [1.807, 2.05) is 11.8 Å². The number of rotatable bonds is 8. The SMILES string of the molecule is CCOC[C@@H]1C[C@H](N(C)C(C)C)CC[C@@H]1N1CC[C@H](Nc2ncnc3ccc(C(F)(F)F)cc23)C1=O. The molecule has 7 nitrogen and oxygen atoms in total. The van der Waals surface area contributed by atoms with Crippen LogP contribution in [0.4, 0.5) is 19.0 Å². The van der Waals surface area contributed by atoms with Crippen molar-refractivity contribution in [1.82, 2.24) is 19.8 Å². The molecular formula is C26H36F3N5O2. The van der Waals surface area contributed by atoms with Gasteiger partial charge < -0.3 is 19.9 Å². The first-order chi connectivity index (χ1) is 17.1. The van der Waals surface area contributed by atoms with Gasteiger partial charge in [0.1, 0.15) is 18.2 Å². The van der Waals surface area contributed by atoms with E-state index in [4.69, 9.17) is 4.74 Å². The lowest BCUT2D eigenvalue weighted by Crippen LogP contribution is -2.52. The zero-order valence-electron chi connectivity index (χ0n) is 21.4. The highest BCUT2D eigenvalue weighted by molar-refractivity contribution is 5.93. The van der Waals surface area contributed by atoms with Crippen LogP contribution in [0.1, 0.15) is 52.0 Å². The number of carbonyl (C=O) groups excluding carboxylic acids is 1. The Hall–Kier alpha value is -2.46. The minimum Gasteiger partial charge on any atom is -0.381 e. The summed E-state index contributed by atoms with van der Waals surface area (Å²) in [6.45, 7) is 8.21. The summed E-state index contributed by atoms with van der Waals surface area (Å²) in [6.07, 6.45) is 0.289. The first-order valence-electron chi connectivity index (χ1n) is 12.8. The second-order valence-electron chi connectivity index (χ2n) is 10.2. The summed E-state index contributed by atoms with van der Waals surface area (Å²) in [7, 11) is 2.16. The molecule has 4 atom stereocenters. The van der Waals surface area contributed by atoms with E-state index in [0.717, 1.165) is 31.4 Å². The number of benzene rings is 1. The molecule has 2 heterocycles. The van der Waals surface area contributed by atoms with Crippen LogP contribution in [0.25, 0.3) is 10.9 Å². The second kappa shape index (κ2) is 10.9. The van der Waals surface area contributed by atoms with Gasteiger partial charge in [0.15, 0.2) is 0 Å². The van der Waals surface area contributed by atoms with Crippen LogP contribution in [-0.2, 0) is 15.7 Å². The number of alkyl halides is 3. The van der Waals surface area contributed by atoms with Crippen LogP contribution in [0.2, 0.25) is 0 Å². The Bertz CT molecular complexity index is 1060. The molecule has 1 aromatic carbocycles. The molecule has 0 unspecified atom stereocenters. The van der Waals surface area contributed by atoms with Gasteiger partial charge in [0.25, 0.3) is 0 Å². The molecule has 1 N–H and O–H groups in total. The predicted molar refractivity (Wildman–Crippen MR) is 133 cm³/mol. The summed E-state index contributed by atoms with van der Waals surface area (Å²) in [5.41, 5.74) is -0.374. The maximum absolute atomic E-state index is 13.5. The molecule has 10 heteroatoms. The van der Waals surface area contributed by atoms with Crippen molar-refractivity contribution in [3.63, 3.8) is 0 Å². The zero-order chi connectivity index (χ0) is 26.0. The van der Waals surface area contributed by atoms with Gasteiger partial charge in [-0.1, -0.05) is 0 Å². The molecule has 0 spiro atoms. The van der Waals surface area contributed by atoms with Crippen LogP contribution in [0.15, 0.2) is 24.5 Å². The fourth-order valence-corrected chi connectivity index (χ4v) is 5.55. The van der Waals surface area contributed by atoms with Crippen molar-refractivity contribution in [2.24, 2.45) is 5.92 Å². The molecule has 0 radical (unpaired) electrons. The van der Waals surface area contributed by atoms with Gasteiger partial charge in [-0.2, -0.15) is 13.2 Å². The van der Waals surface area contributed by atoms with Gasteiger partial charge in [0.2, 0.25) is 5.91 Å². The van der Waals surface area contributed by atoms with E-state index in [1.165, 1.54) is 12.4 Å². The van der Waals surface area contributed by atoms with Crippen molar-refractivity contribution >= 4 is 22.6 Å². The Morgan fingerprint density at radius 2 is 2.00 bits per heavy atom. The summed E-state index contributed by atoms with van der Waals surface area (Å²) in [5, 5.41) is 3.39. The predicted octanol–water partition coefficient (Wildman–Crippen LogP) is 4.58. The van der Waals surface area contributed by atoms with E-state index in [0.29, 0.717) is 43.8 Å². The summed E-state index contributed by atoms with van der Waals surface area (Å²) < 4.78 is 45.7. The maximum atomic E-state index is 13.5. The van der Waals surface area contributed by atoms with Crippen molar-refractivity contribution < 1.29 is 22.7 Å². The summed E-state index contributed by atoms with van der Waals surface area (Å²) >= 11 is 0. The van der Waals surface area contributed by atoms with Gasteiger partial charge in [0, 0.05) is 42.6 Å². The lowest BCUT2D eigenvalue weighted by atomic mass is 9.80. The molecule has 4 rings (SSSR count). The molecule has 1 aromatic heterocycles. The molecule has 1 saturated carbocycles. The molecule has 2 aromatic rings. The standard InChI is InChI=1S/C26H36F3N5O2/c1-5-36-14-17-12-19(33(4)16(2)3)7-9-23(17)34-11-10-22(25(34)35)32-24-20-13-18(26(27,28)29)6-8-21(20)30-15-31-24/h6,8,13,15-17,19,22-23H,5,7,9-12,14H2,1-4H3,(H,30,31,32)/t17-,19+,22-,23-/m0/s1. The Labute approximate surface area is 210 Å². The van der Waals surface area contributed by atoms with E-state index >= 15 is 0 Å². The molecule has 0 bridgehead atoms. The van der Waals surface area contributed by atoms with Gasteiger partial charge in [-0.3, -0.25) is 4.79 Å². The molecule has 198 valence electrons. The van der Waals surface area contributed by atoms with E-state index < -0.39 is 17.8 Å². The zero-order valence-corrected chi connectivity index (χ0v) is 21.4. The fraction of sp³-hybridized carbons (Fsp3) is 0.654. The monoisotopic (exact) mass is 507 g/mol. The molecule has 2 fully saturated rings. The first-order valence-corrected chi connectivity index (χ1v) is 12.8. The molecule has 1 amide bonds. The Morgan fingerprint density at radius 3 is 2.69 bits per heavy atom. The third-order valence-corrected chi connectivity index (χ3v) is 7.75. The number of amides is 1. The summed E-state index contributed by atoms with van der Waals surface area (Å²) in [5.74, 6) is 0.456. The minimum atomic E-state index is -4.47. The quantitative estimate of drug-likeness (QED) is 0.564. The number of ether oxygens (including phenoxy) is 1. The van der Waals surface area contributed by atoms with Gasteiger partial charge in [-0.25, -0.2) is 9.97 Å². The normalized spacial score (nSPS) is 25.4. The van der Waals surface area contributed by atoms with Gasteiger partial charge >= 0.3 is 6.18 Å². The number of hydrogen-bond acceptors (Lipinski definition) is 6. The largest absolute Gasteiger partial charge is 0.416 e. The molecule has 1 aliphatic carbocycles. The van der Waals surface area contributed by atoms with E-state index in [9.17, 15) is 18.0 Å². The lowest BCUT2D eigenvalue weighted by molar-refractivity contribution is -0.137. The third-order valence-electron chi connectivity index (χ3n) is 7.75. The maximum Gasteiger partial charge on any atom is 0.416 e. The lowest BCUT2D eigenvalue weighted by Gasteiger charge is -2.44. The van der Waals surface area contributed by atoms with Crippen molar-refractivity contribution in [3.05, 3.63) is 30.1 Å². The Morgan fingerprint density at radius 1 is 1.22 bits per heavy atom. The number of fused-ring (bicyclic) bond motifs is 1. The average molecular weight is 508 g/mol. The second-order valence-corrected chi connectivity index (χ2v) is 10.2. The van der Waals surface area contributed by atoms with E-state index in [2.05, 4.69) is 41.1 Å². The van der Waals surface area contributed by atoms with Crippen molar-refractivity contribution in [1.29, 1.82) is 0 Å². The van der Waals surface area contributed by atoms with Crippen molar-refractivity contribution in [3.8, 4) is 0 Å².